The van der Waals surface area contributed by atoms with Crippen molar-refractivity contribution >= 4 is 23.6 Å². The number of alkyl halides is 2. The highest BCUT2D eigenvalue weighted by Crippen LogP contribution is 2.26. The third-order valence-corrected chi connectivity index (χ3v) is 5.80. The Hall–Kier alpha value is -1.67. The molecule has 2 amide bonds. The van der Waals surface area contributed by atoms with Gasteiger partial charge in [-0.15, -0.1) is 0 Å². The Bertz CT molecular complexity index is 651. The largest absolute Gasteiger partial charge is 0.354 e. The first-order chi connectivity index (χ1) is 13.0. The Morgan fingerprint density at radius 3 is 2.67 bits per heavy atom. The topological polar surface area (TPSA) is 61.4 Å². The first-order valence-electron chi connectivity index (χ1n) is 9.38. The highest BCUT2D eigenvalue weighted by Gasteiger charge is 2.27. The maximum Gasteiger partial charge on any atom is 0.288 e. The summed E-state index contributed by atoms with van der Waals surface area (Å²) in [7, 11) is 0. The fourth-order valence-corrected chi connectivity index (χ4v) is 4.15. The number of halogens is 2. The summed E-state index contributed by atoms with van der Waals surface area (Å²) in [5, 5.41) is 6.19. The van der Waals surface area contributed by atoms with Crippen LogP contribution in [-0.2, 0) is 4.79 Å². The number of benzene rings is 1. The fourth-order valence-electron chi connectivity index (χ4n) is 3.65. The van der Waals surface area contributed by atoms with E-state index < -0.39 is 5.76 Å². The van der Waals surface area contributed by atoms with Gasteiger partial charge in [0.2, 0.25) is 5.91 Å². The minimum atomic E-state index is -2.47. The molecule has 3 rings (SSSR count). The van der Waals surface area contributed by atoms with Crippen molar-refractivity contribution in [2.24, 2.45) is 5.92 Å². The number of likely N-dealkylation sites (tertiary alicyclic amines) is 1. The molecular formula is C19H25F2N3O2S. The van der Waals surface area contributed by atoms with E-state index in [1.165, 1.54) is 0 Å². The van der Waals surface area contributed by atoms with Crippen molar-refractivity contribution in [3.05, 3.63) is 29.8 Å². The van der Waals surface area contributed by atoms with Gasteiger partial charge in [0.15, 0.2) is 0 Å². The van der Waals surface area contributed by atoms with Gasteiger partial charge >= 0.3 is 0 Å². The molecule has 8 heteroatoms. The molecule has 148 valence electrons. The lowest BCUT2D eigenvalue weighted by Crippen LogP contribution is -2.46. The van der Waals surface area contributed by atoms with Crippen molar-refractivity contribution in [3.63, 3.8) is 0 Å². The number of nitrogens with zero attached hydrogens (tertiary/aromatic N) is 1. The number of hydrogen-bond acceptors (Lipinski definition) is 4. The molecule has 2 aliphatic rings. The van der Waals surface area contributed by atoms with Gasteiger partial charge in [0, 0.05) is 30.1 Å². The van der Waals surface area contributed by atoms with Gasteiger partial charge in [-0.3, -0.25) is 9.59 Å². The second kappa shape index (κ2) is 9.50. The fraction of sp³-hybridized carbons (Fsp3) is 0.579. The molecule has 5 nitrogen and oxygen atoms in total. The monoisotopic (exact) mass is 397 g/mol. The molecule has 0 bridgehead atoms. The second-order valence-electron chi connectivity index (χ2n) is 7.06. The van der Waals surface area contributed by atoms with Gasteiger partial charge in [0.05, 0.1) is 6.04 Å². The van der Waals surface area contributed by atoms with Gasteiger partial charge in [-0.1, -0.05) is 11.8 Å². The Kier molecular flexibility index (Phi) is 7.07. The van der Waals surface area contributed by atoms with E-state index in [4.69, 9.17) is 0 Å². The molecule has 2 atom stereocenters. The maximum absolute atomic E-state index is 12.7. The van der Waals surface area contributed by atoms with E-state index in [0.717, 1.165) is 32.2 Å². The lowest BCUT2D eigenvalue weighted by Gasteiger charge is -2.33. The van der Waals surface area contributed by atoms with Crippen molar-refractivity contribution in [2.45, 2.75) is 42.4 Å². The lowest BCUT2D eigenvalue weighted by molar-refractivity contribution is -0.123. The van der Waals surface area contributed by atoms with E-state index in [9.17, 15) is 18.4 Å². The summed E-state index contributed by atoms with van der Waals surface area (Å²) in [6.07, 6.45) is 3.78. The van der Waals surface area contributed by atoms with Crippen LogP contribution in [0, 0.1) is 5.92 Å². The SMILES string of the molecule is O=C(NCC1CCCN(C(=O)c2ccc(SC(F)F)cc2)C1)C1CCCN1. The van der Waals surface area contributed by atoms with Crippen LogP contribution < -0.4 is 10.6 Å². The van der Waals surface area contributed by atoms with E-state index in [1.807, 2.05) is 0 Å². The van der Waals surface area contributed by atoms with Crippen LogP contribution in [0.25, 0.3) is 0 Å². The van der Waals surface area contributed by atoms with Crippen LogP contribution in [0.3, 0.4) is 0 Å². The van der Waals surface area contributed by atoms with Crippen LogP contribution in [0.5, 0.6) is 0 Å². The molecule has 2 unspecified atom stereocenters. The summed E-state index contributed by atoms with van der Waals surface area (Å²) in [6, 6.07) is 6.23. The van der Waals surface area contributed by atoms with Crippen LogP contribution in [0.1, 0.15) is 36.0 Å². The highest BCUT2D eigenvalue weighted by atomic mass is 32.2. The standard InChI is InChI=1S/C19H25F2N3O2S/c20-19(21)27-15-7-5-14(6-8-15)18(26)24-10-2-3-13(12-24)11-23-17(25)16-4-1-9-22-16/h5-8,13,16,19,22H,1-4,9-12H2,(H,23,25). The van der Waals surface area contributed by atoms with Crippen LogP contribution in [0.4, 0.5) is 8.78 Å². The first-order valence-corrected chi connectivity index (χ1v) is 10.3. The Balaban J connectivity index is 1.50. The number of piperidine rings is 1. The average Bonchev–Trinajstić information content (AvgIpc) is 3.21. The molecule has 1 aromatic carbocycles. The predicted molar refractivity (Wildman–Crippen MR) is 101 cm³/mol. The molecule has 2 N–H and O–H groups in total. The first kappa shape index (κ1) is 20.1. The molecule has 2 fully saturated rings. The Morgan fingerprint density at radius 1 is 1.22 bits per heavy atom. The minimum absolute atomic E-state index is 0.0445. The maximum atomic E-state index is 12.7. The average molecular weight is 397 g/mol. The zero-order valence-corrected chi connectivity index (χ0v) is 15.9. The van der Waals surface area contributed by atoms with E-state index in [-0.39, 0.29) is 23.8 Å². The summed E-state index contributed by atoms with van der Waals surface area (Å²) in [5.74, 6) is -2.27. The molecule has 2 aliphatic heterocycles. The lowest BCUT2D eigenvalue weighted by atomic mass is 9.97. The number of amides is 2. The molecule has 0 radical (unpaired) electrons. The van der Waals surface area contributed by atoms with Crippen molar-refractivity contribution in [1.29, 1.82) is 0 Å². The quantitative estimate of drug-likeness (QED) is 0.725. The summed E-state index contributed by atoms with van der Waals surface area (Å²) >= 11 is 0.471. The zero-order chi connectivity index (χ0) is 19.2. The zero-order valence-electron chi connectivity index (χ0n) is 15.1. The summed E-state index contributed by atoms with van der Waals surface area (Å²) < 4.78 is 24.8. The smallest absolute Gasteiger partial charge is 0.288 e. The highest BCUT2D eigenvalue weighted by molar-refractivity contribution is 7.99. The van der Waals surface area contributed by atoms with Crippen molar-refractivity contribution in [2.75, 3.05) is 26.2 Å². The van der Waals surface area contributed by atoms with E-state index in [0.29, 0.717) is 41.9 Å². The molecule has 0 aliphatic carbocycles. The molecule has 27 heavy (non-hydrogen) atoms. The summed E-state index contributed by atoms with van der Waals surface area (Å²) in [4.78, 5) is 27.1. The van der Waals surface area contributed by atoms with Crippen LogP contribution in [0.15, 0.2) is 29.2 Å². The third-order valence-electron chi connectivity index (χ3n) is 5.07. The molecule has 1 aromatic rings. The number of nitrogens with one attached hydrogen (secondary N) is 2. The molecule has 0 saturated carbocycles. The summed E-state index contributed by atoms with van der Waals surface area (Å²) in [6.45, 7) is 2.74. The van der Waals surface area contributed by atoms with Gasteiger partial charge in [0.1, 0.15) is 0 Å². The van der Waals surface area contributed by atoms with Crippen molar-refractivity contribution < 1.29 is 18.4 Å². The van der Waals surface area contributed by atoms with Crippen LogP contribution >= 0.6 is 11.8 Å². The van der Waals surface area contributed by atoms with Gasteiger partial charge in [0.25, 0.3) is 11.7 Å². The molecule has 0 aromatic heterocycles. The number of rotatable bonds is 6. The predicted octanol–water partition coefficient (Wildman–Crippen LogP) is 2.72. The molecule has 2 heterocycles. The van der Waals surface area contributed by atoms with E-state index in [1.54, 1.807) is 29.2 Å². The normalized spacial score (nSPS) is 22.9. The van der Waals surface area contributed by atoms with Gasteiger partial charge in [-0.2, -0.15) is 8.78 Å². The number of carbonyl (C=O) groups is 2. The van der Waals surface area contributed by atoms with Crippen LogP contribution in [0.2, 0.25) is 0 Å². The number of hydrogen-bond donors (Lipinski definition) is 2. The Morgan fingerprint density at radius 2 is 2.00 bits per heavy atom. The van der Waals surface area contributed by atoms with E-state index >= 15 is 0 Å². The second-order valence-corrected chi connectivity index (χ2v) is 8.12. The number of thioether (sulfide) groups is 1. The summed E-state index contributed by atoms with van der Waals surface area (Å²) in [5.41, 5.74) is 0.508. The third kappa shape index (κ3) is 5.65. The van der Waals surface area contributed by atoms with E-state index in [2.05, 4.69) is 10.6 Å². The van der Waals surface area contributed by atoms with Crippen LogP contribution in [-0.4, -0.2) is 54.7 Å². The van der Waals surface area contributed by atoms with Crippen molar-refractivity contribution in [3.8, 4) is 0 Å². The minimum Gasteiger partial charge on any atom is -0.354 e. The molecule has 2 saturated heterocycles. The van der Waals surface area contributed by atoms with Gasteiger partial charge in [-0.25, -0.2) is 0 Å². The number of carbonyl (C=O) groups excluding carboxylic acids is 2. The van der Waals surface area contributed by atoms with Gasteiger partial charge < -0.3 is 15.5 Å². The van der Waals surface area contributed by atoms with Gasteiger partial charge in [-0.05, 0) is 62.4 Å². The Labute approximate surface area is 162 Å². The molecule has 0 spiro atoms. The van der Waals surface area contributed by atoms with Crippen molar-refractivity contribution in [1.82, 2.24) is 15.5 Å². The molecular weight excluding hydrogens is 372 g/mol.